The molecule has 210 valence electrons. The van der Waals surface area contributed by atoms with Crippen LogP contribution in [-0.4, -0.2) is 93.5 Å². The van der Waals surface area contributed by atoms with Crippen molar-refractivity contribution in [2.45, 2.75) is 96.1 Å². The van der Waals surface area contributed by atoms with Crippen LogP contribution < -0.4 is 27.4 Å². The van der Waals surface area contributed by atoms with E-state index < -0.39 is 65.9 Å². The van der Waals surface area contributed by atoms with Crippen LogP contribution in [0.1, 0.15) is 59.8 Å². The number of nitrogens with two attached hydrogens (primary N) is 2. The maximum atomic E-state index is 13.1. The van der Waals surface area contributed by atoms with Crippen LogP contribution in [0.3, 0.4) is 0 Å². The molecule has 9 N–H and O–H groups in total. The molecule has 0 saturated carbocycles. The topological polar surface area (TPSA) is 234 Å². The van der Waals surface area contributed by atoms with Crippen LogP contribution in [0.15, 0.2) is 0 Å². The highest BCUT2D eigenvalue weighted by Gasteiger charge is 2.38. The van der Waals surface area contributed by atoms with E-state index in [4.69, 9.17) is 16.6 Å². The molecular formula is C23H40N6O8. The van der Waals surface area contributed by atoms with E-state index in [1.54, 1.807) is 0 Å². The van der Waals surface area contributed by atoms with Crippen molar-refractivity contribution in [2.24, 2.45) is 17.4 Å². The van der Waals surface area contributed by atoms with Gasteiger partial charge in [-0.15, -0.1) is 0 Å². The van der Waals surface area contributed by atoms with Gasteiger partial charge in [-0.3, -0.25) is 28.8 Å². The zero-order valence-electron chi connectivity index (χ0n) is 21.7. The van der Waals surface area contributed by atoms with Gasteiger partial charge in [-0.05, 0) is 45.4 Å². The molecule has 1 aliphatic heterocycles. The van der Waals surface area contributed by atoms with Gasteiger partial charge in [0.2, 0.25) is 29.5 Å². The Bertz CT molecular complexity index is 864. The molecule has 14 nitrogen and oxygen atoms in total. The van der Waals surface area contributed by atoms with E-state index in [-0.39, 0.29) is 24.7 Å². The normalized spacial score (nSPS) is 19.3. The minimum atomic E-state index is -1.54. The van der Waals surface area contributed by atoms with Crippen LogP contribution in [0.25, 0.3) is 0 Å². The van der Waals surface area contributed by atoms with Crippen molar-refractivity contribution in [3.05, 3.63) is 0 Å². The molecule has 0 bridgehead atoms. The molecule has 1 fully saturated rings. The molecule has 0 spiro atoms. The van der Waals surface area contributed by atoms with Gasteiger partial charge in [0.15, 0.2) is 0 Å². The Morgan fingerprint density at radius 2 is 1.62 bits per heavy atom. The van der Waals surface area contributed by atoms with Gasteiger partial charge in [0, 0.05) is 13.0 Å². The number of carboxylic acids is 1. The number of primary amides is 1. The number of aliphatic hydroxyl groups excluding tert-OH is 1. The van der Waals surface area contributed by atoms with E-state index in [0.29, 0.717) is 25.8 Å². The summed E-state index contributed by atoms with van der Waals surface area (Å²) in [4.78, 5) is 75.1. The summed E-state index contributed by atoms with van der Waals surface area (Å²) >= 11 is 0. The lowest BCUT2D eigenvalue weighted by Crippen LogP contribution is -2.60. The molecule has 5 amide bonds. The number of aliphatic carboxylic acids is 1. The Kier molecular flexibility index (Phi) is 12.4. The van der Waals surface area contributed by atoms with Gasteiger partial charge in [-0.2, -0.15) is 0 Å². The molecule has 0 unspecified atom stereocenters. The molecule has 1 aliphatic rings. The molecule has 0 aromatic carbocycles. The zero-order valence-corrected chi connectivity index (χ0v) is 21.7. The highest BCUT2D eigenvalue weighted by Crippen LogP contribution is 2.20. The standard InChI is InChI=1S/C23H40N6O8/c1-11(2)10-14(24)22(35)29-9-5-6-16(29)20(33)27-15(7-8-17(25)31)19(32)28-18(13(4)30)21(34)26-12(3)23(36)37/h11-16,18,30H,5-10,24H2,1-4H3,(H2,25,31)(H,26,34)(H,27,33)(H,28,32)(H,36,37)/t12-,13+,14-,15-,16-,18-/m0/s1. The summed E-state index contributed by atoms with van der Waals surface area (Å²) in [6.45, 7) is 6.60. The number of hydrogen-bond donors (Lipinski definition) is 7. The fourth-order valence-electron chi connectivity index (χ4n) is 3.97. The van der Waals surface area contributed by atoms with Crippen molar-refractivity contribution in [3.8, 4) is 0 Å². The minimum absolute atomic E-state index is 0.174. The van der Waals surface area contributed by atoms with Crippen molar-refractivity contribution >= 4 is 35.5 Å². The fraction of sp³-hybridized carbons (Fsp3) is 0.739. The first kappa shape index (κ1) is 31.8. The van der Waals surface area contributed by atoms with Crippen LogP contribution >= 0.6 is 0 Å². The Morgan fingerprint density at radius 3 is 2.14 bits per heavy atom. The van der Waals surface area contributed by atoms with Gasteiger partial charge < -0.3 is 42.5 Å². The molecule has 0 aromatic heterocycles. The Morgan fingerprint density at radius 1 is 1.00 bits per heavy atom. The summed E-state index contributed by atoms with van der Waals surface area (Å²) in [6.07, 6.45) is -0.545. The first-order valence-electron chi connectivity index (χ1n) is 12.3. The van der Waals surface area contributed by atoms with Gasteiger partial charge in [0.25, 0.3) is 0 Å². The van der Waals surface area contributed by atoms with Crippen molar-refractivity contribution in [1.82, 2.24) is 20.9 Å². The van der Waals surface area contributed by atoms with Crippen molar-refractivity contribution in [3.63, 3.8) is 0 Å². The van der Waals surface area contributed by atoms with Crippen LogP contribution in [0.5, 0.6) is 0 Å². The molecule has 0 aliphatic carbocycles. The molecule has 1 rings (SSSR count). The second-order valence-electron chi connectivity index (χ2n) is 9.79. The average Bonchev–Trinajstić information content (AvgIpc) is 3.28. The number of likely N-dealkylation sites (tertiary alicyclic amines) is 1. The van der Waals surface area contributed by atoms with Crippen LogP contribution in [0.2, 0.25) is 0 Å². The number of nitrogens with zero attached hydrogens (tertiary/aromatic N) is 1. The summed E-state index contributed by atoms with van der Waals surface area (Å²) in [6, 6.07) is -5.81. The highest BCUT2D eigenvalue weighted by atomic mass is 16.4. The number of carbonyl (C=O) groups excluding carboxylic acids is 5. The number of carboxylic acid groups (broad SMARTS) is 1. The lowest BCUT2D eigenvalue weighted by Gasteiger charge is -2.29. The number of nitrogens with one attached hydrogen (secondary N) is 3. The summed E-state index contributed by atoms with van der Waals surface area (Å²) in [7, 11) is 0. The lowest BCUT2D eigenvalue weighted by atomic mass is 10.0. The van der Waals surface area contributed by atoms with Crippen molar-refractivity contribution in [1.29, 1.82) is 0 Å². The van der Waals surface area contributed by atoms with Crippen molar-refractivity contribution < 1.29 is 39.0 Å². The van der Waals surface area contributed by atoms with Gasteiger partial charge in [0.1, 0.15) is 24.2 Å². The number of rotatable bonds is 14. The molecule has 0 radical (unpaired) electrons. The molecule has 1 saturated heterocycles. The maximum Gasteiger partial charge on any atom is 0.325 e. The third-order valence-electron chi connectivity index (χ3n) is 5.99. The van der Waals surface area contributed by atoms with E-state index in [0.717, 1.165) is 0 Å². The zero-order chi connectivity index (χ0) is 28.4. The molecular weight excluding hydrogens is 488 g/mol. The SMILES string of the molecule is CC(C)C[C@H](N)C(=O)N1CCC[C@H]1C(=O)N[C@@H](CCC(N)=O)C(=O)N[C@H](C(=O)N[C@@H](C)C(=O)O)[C@@H](C)O. The molecule has 14 heteroatoms. The summed E-state index contributed by atoms with van der Waals surface area (Å²) in [5, 5.41) is 26.0. The second kappa shape index (κ2) is 14.5. The molecule has 0 aromatic rings. The van der Waals surface area contributed by atoms with E-state index in [2.05, 4.69) is 16.0 Å². The number of hydrogen-bond acceptors (Lipinski definition) is 8. The number of aliphatic hydroxyl groups is 1. The Balaban J connectivity index is 3.01. The third kappa shape index (κ3) is 9.96. The summed E-state index contributed by atoms with van der Waals surface area (Å²) < 4.78 is 0. The number of carbonyl (C=O) groups is 6. The number of amides is 5. The van der Waals surface area contributed by atoms with E-state index in [1.165, 1.54) is 18.7 Å². The van der Waals surface area contributed by atoms with E-state index in [1.807, 2.05) is 13.8 Å². The molecule has 1 heterocycles. The van der Waals surface area contributed by atoms with Gasteiger partial charge >= 0.3 is 5.97 Å². The highest BCUT2D eigenvalue weighted by molar-refractivity contribution is 5.96. The maximum absolute atomic E-state index is 13.1. The predicted octanol–water partition coefficient (Wildman–Crippen LogP) is -2.44. The Labute approximate surface area is 215 Å². The molecule has 37 heavy (non-hydrogen) atoms. The van der Waals surface area contributed by atoms with E-state index in [9.17, 15) is 33.9 Å². The third-order valence-corrected chi connectivity index (χ3v) is 5.99. The first-order chi connectivity index (χ1) is 17.1. The minimum Gasteiger partial charge on any atom is -0.480 e. The van der Waals surface area contributed by atoms with Gasteiger partial charge in [0.05, 0.1) is 12.1 Å². The van der Waals surface area contributed by atoms with Gasteiger partial charge in [-0.25, -0.2) is 0 Å². The lowest BCUT2D eigenvalue weighted by molar-refractivity contribution is -0.142. The predicted molar refractivity (Wildman–Crippen MR) is 131 cm³/mol. The Hall–Kier alpha value is -3.26. The smallest absolute Gasteiger partial charge is 0.325 e. The summed E-state index contributed by atoms with van der Waals surface area (Å²) in [5.74, 6) is -4.74. The first-order valence-corrected chi connectivity index (χ1v) is 12.3. The van der Waals surface area contributed by atoms with E-state index >= 15 is 0 Å². The fourth-order valence-corrected chi connectivity index (χ4v) is 3.97. The van der Waals surface area contributed by atoms with Crippen LogP contribution in [0, 0.1) is 5.92 Å². The van der Waals surface area contributed by atoms with Gasteiger partial charge in [-0.1, -0.05) is 13.8 Å². The largest absolute Gasteiger partial charge is 0.480 e. The average molecular weight is 529 g/mol. The second-order valence-corrected chi connectivity index (χ2v) is 9.79. The van der Waals surface area contributed by atoms with Crippen LogP contribution in [0.4, 0.5) is 0 Å². The quantitative estimate of drug-likeness (QED) is 0.127. The van der Waals surface area contributed by atoms with Crippen molar-refractivity contribution in [2.75, 3.05) is 6.54 Å². The molecule has 6 atom stereocenters. The van der Waals surface area contributed by atoms with Crippen LogP contribution in [-0.2, 0) is 28.8 Å². The summed E-state index contributed by atoms with van der Waals surface area (Å²) in [5.41, 5.74) is 11.2. The monoisotopic (exact) mass is 528 g/mol.